The Balaban J connectivity index is 0.000000210. The molecule has 0 aromatic carbocycles. The molecule has 0 unspecified atom stereocenters. The number of rotatable bonds is 1. The normalized spacial score (nSPS) is 21.8. The van der Waals surface area contributed by atoms with E-state index in [-0.39, 0.29) is 17.1 Å². The maximum absolute atomic E-state index is 2.41. The number of hydrogen-bond acceptors (Lipinski definition) is 0. The van der Waals surface area contributed by atoms with Crippen LogP contribution in [-0.2, 0) is 30.0 Å². The minimum Gasteiger partial charge on any atom is -0.351 e. The molecule has 2 saturated carbocycles. The molecule has 0 N–H and O–H groups in total. The monoisotopic (exact) mass is 305 g/mol. The molecule has 0 bridgehead atoms. The van der Waals surface area contributed by atoms with Gasteiger partial charge in [0.25, 0.3) is 0 Å². The van der Waals surface area contributed by atoms with Crippen LogP contribution in [0.15, 0.2) is 12.3 Å². The molecule has 102 valence electrons. The van der Waals surface area contributed by atoms with Gasteiger partial charge in [0.1, 0.15) is 0 Å². The molecule has 1 aromatic heterocycles. The number of nitrogens with zero attached hydrogens (tertiary/aromatic N) is 1. The number of aryl methyl sites for hydroxylation is 1. The Hall–Kier alpha value is -0.201. The second-order valence-corrected chi connectivity index (χ2v) is 4.96. The standard InChI is InChI=1S/C13H14N.C5H5.Fe/c1-2-6-11(5-1)12-8-10-14-9-4-3-7-13(12)14;1-2-4-5-3-1;/h1-2,5-6,8,10H,3-4,7,9H2;1-5H;/q;;+2. The average molecular weight is 305 g/mol. The summed E-state index contributed by atoms with van der Waals surface area (Å²) in [5.74, 6) is 1.38. The SMILES string of the molecule is [CH]1[CH][CH][CH][CH]1.[CH]1[CH][CH][C](c2ccn3c2CCCC3)[CH]1.[Fe+2]. The van der Waals surface area contributed by atoms with Crippen molar-refractivity contribution in [2.75, 3.05) is 0 Å². The Kier molecular flexibility index (Phi) is 6.71. The van der Waals surface area contributed by atoms with Crippen LogP contribution in [0.2, 0.25) is 0 Å². The van der Waals surface area contributed by atoms with Gasteiger partial charge in [-0.2, -0.15) is 0 Å². The molecule has 4 rings (SSSR count). The second kappa shape index (κ2) is 8.29. The van der Waals surface area contributed by atoms with Gasteiger partial charge in [-0.25, -0.2) is 0 Å². The predicted octanol–water partition coefficient (Wildman–Crippen LogP) is 3.60. The van der Waals surface area contributed by atoms with Gasteiger partial charge in [0.05, 0.1) is 0 Å². The fourth-order valence-corrected chi connectivity index (χ4v) is 2.70. The molecule has 2 fully saturated rings. The molecular formula is C18H19FeN+2. The molecule has 0 spiro atoms. The van der Waals surface area contributed by atoms with Gasteiger partial charge in [0.2, 0.25) is 0 Å². The summed E-state index contributed by atoms with van der Waals surface area (Å²) in [6.45, 7) is 1.20. The van der Waals surface area contributed by atoms with Gasteiger partial charge in [-0.1, -0.05) is 0 Å². The zero-order valence-corrected chi connectivity index (χ0v) is 12.6. The molecule has 1 aliphatic heterocycles. The largest absolute Gasteiger partial charge is 2.00 e. The summed E-state index contributed by atoms with van der Waals surface area (Å²) in [4.78, 5) is 0. The van der Waals surface area contributed by atoms with E-state index in [0.717, 1.165) is 0 Å². The minimum absolute atomic E-state index is 0. The van der Waals surface area contributed by atoms with E-state index in [1.54, 1.807) is 0 Å². The molecule has 2 heterocycles. The quantitative estimate of drug-likeness (QED) is 0.699. The van der Waals surface area contributed by atoms with Crippen molar-refractivity contribution in [3.63, 3.8) is 0 Å². The van der Waals surface area contributed by atoms with Crippen molar-refractivity contribution in [2.24, 2.45) is 0 Å². The molecule has 2 aliphatic carbocycles. The van der Waals surface area contributed by atoms with Gasteiger partial charge >= 0.3 is 17.1 Å². The molecule has 3 aliphatic rings. The predicted molar refractivity (Wildman–Crippen MR) is 78.4 cm³/mol. The van der Waals surface area contributed by atoms with Crippen LogP contribution < -0.4 is 0 Å². The van der Waals surface area contributed by atoms with Crippen molar-refractivity contribution >= 4 is 0 Å². The summed E-state index contributed by atoms with van der Waals surface area (Å²) in [5.41, 5.74) is 2.97. The van der Waals surface area contributed by atoms with Gasteiger partial charge in [-0.15, -0.1) is 0 Å². The topological polar surface area (TPSA) is 4.93 Å². The minimum atomic E-state index is 0. The van der Waals surface area contributed by atoms with Crippen molar-refractivity contribution in [1.29, 1.82) is 0 Å². The summed E-state index contributed by atoms with van der Waals surface area (Å²) < 4.78 is 2.41. The number of aromatic nitrogens is 1. The third kappa shape index (κ3) is 3.92. The molecule has 20 heavy (non-hydrogen) atoms. The van der Waals surface area contributed by atoms with Crippen LogP contribution in [0.25, 0.3) is 0 Å². The van der Waals surface area contributed by atoms with Crippen molar-refractivity contribution in [3.8, 4) is 0 Å². The summed E-state index contributed by atoms with van der Waals surface area (Å²) in [5, 5.41) is 0. The van der Waals surface area contributed by atoms with E-state index in [0.29, 0.717) is 0 Å². The number of fused-ring (bicyclic) bond motifs is 1. The van der Waals surface area contributed by atoms with Crippen molar-refractivity contribution in [3.05, 3.63) is 87.2 Å². The van der Waals surface area contributed by atoms with Crippen molar-refractivity contribution in [2.45, 2.75) is 25.8 Å². The van der Waals surface area contributed by atoms with Crippen LogP contribution in [-0.4, -0.2) is 4.57 Å². The molecular weight excluding hydrogens is 286 g/mol. The Labute approximate surface area is 135 Å². The van der Waals surface area contributed by atoms with Crippen LogP contribution in [0.1, 0.15) is 24.1 Å². The van der Waals surface area contributed by atoms with Gasteiger partial charge in [-0.3, -0.25) is 0 Å². The Morgan fingerprint density at radius 2 is 1.45 bits per heavy atom. The van der Waals surface area contributed by atoms with Crippen LogP contribution >= 0.6 is 0 Å². The molecule has 10 radical (unpaired) electrons. The summed E-state index contributed by atoms with van der Waals surface area (Å²) in [6, 6.07) is 2.26. The van der Waals surface area contributed by atoms with E-state index in [1.165, 1.54) is 43.0 Å². The van der Waals surface area contributed by atoms with Gasteiger partial charge < -0.3 is 4.57 Å². The van der Waals surface area contributed by atoms with Gasteiger partial charge in [0.15, 0.2) is 0 Å². The molecule has 1 nitrogen and oxygen atoms in total. The van der Waals surface area contributed by atoms with E-state index >= 15 is 0 Å². The van der Waals surface area contributed by atoms with Gasteiger partial charge in [-0.05, 0) is 88.7 Å². The third-order valence-electron chi connectivity index (χ3n) is 3.67. The first-order valence-electron chi connectivity index (χ1n) is 7.02. The van der Waals surface area contributed by atoms with E-state index in [1.807, 2.05) is 32.1 Å². The third-order valence-corrected chi connectivity index (χ3v) is 3.67. The summed E-state index contributed by atoms with van der Waals surface area (Å²) >= 11 is 0. The van der Waals surface area contributed by atoms with E-state index in [4.69, 9.17) is 0 Å². The first-order valence-corrected chi connectivity index (χ1v) is 7.02. The zero-order valence-electron chi connectivity index (χ0n) is 11.5. The molecule has 0 atom stereocenters. The van der Waals surface area contributed by atoms with Crippen LogP contribution in [0.3, 0.4) is 0 Å². The van der Waals surface area contributed by atoms with E-state index < -0.39 is 0 Å². The van der Waals surface area contributed by atoms with Crippen LogP contribution in [0.4, 0.5) is 0 Å². The van der Waals surface area contributed by atoms with Crippen molar-refractivity contribution < 1.29 is 17.1 Å². The fraction of sp³-hybridized carbons (Fsp3) is 0.222. The van der Waals surface area contributed by atoms with Crippen molar-refractivity contribution in [1.82, 2.24) is 4.57 Å². The molecule has 2 heteroatoms. The second-order valence-electron chi connectivity index (χ2n) is 4.96. The summed E-state index contributed by atoms with van der Waals surface area (Å²) in [6.07, 6.45) is 24.8. The van der Waals surface area contributed by atoms with Crippen LogP contribution in [0, 0.1) is 63.7 Å². The zero-order chi connectivity index (χ0) is 12.9. The van der Waals surface area contributed by atoms with Gasteiger partial charge in [0, 0.05) is 24.4 Å². The van der Waals surface area contributed by atoms with Crippen LogP contribution in [0.5, 0.6) is 0 Å². The number of hydrogen-bond donors (Lipinski definition) is 0. The first kappa shape index (κ1) is 16.2. The fourth-order valence-electron chi connectivity index (χ4n) is 2.70. The molecule has 0 amide bonds. The maximum Gasteiger partial charge on any atom is 2.00 e. The Morgan fingerprint density at radius 3 is 2.10 bits per heavy atom. The Bertz CT molecular complexity index is 379. The molecule has 1 aromatic rings. The summed E-state index contributed by atoms with van der Waals surface area (Å²) in [7, 11) is 0. The first-order chi connectivity index (χ1) is 9.45. The molecule has 0 saturated heterocycles. The maximum atomic E-state index is 2.41. The van der Waals surface area contributed by atoms with E-state index in [2.05, 4.69) is 42.5 Å². The van der Waals surface area contributed by atoms with E-state index in [9.17, 15) is 0 Å². The smallest absolute Gasteiger partial charge is 0.351 e. The Morgan fingerprint density at radius 1 is 0.800 bits per heavy atom. The average Bonchev–Trinajstić information content (AvgIpc) is 3.21.